The van der Waals surface area contributed by atoms with Crippen molar-refractivity contribution in [3.05, 3.63) is 53.3 Å². The highest BCUT2D eigenvalue weighted by Crippen LogP contribution is 2.33. The Morgan fingerprint density at radius 2 is 1.96 bits per heavy atom. The van der Waals surface area contributed by atoms with Crippen molar-refractivity contribution < 1.29 is 18.7 Å². The minimum Gasteiger partial charge on any atom is -0.479 e. The second-order valence-electron chi connectivity index (χ2n) is 6.47. The zero-order valence-corrected chi connectivity index (χ0v) is 14.7. The van der Waals surface area contributed by atoms with Gasteiger partial charge in [0.2, 0.25) is 0 Å². The zero-order valence-electron chi connectivity index (χ0n) is 14.7. The van der Waals surface area contributed by atoms with Gasteiger partial charge < -0.3 is 19.8 Å². The minimum absolute atomic E-state index is 0.218. The first-order valence-corrected chi connectivity index (χ1v) is 8.35. The van der Waals surface area contributed by atoms with E-state index in [-0.39, 0.29) is 17.6 Å². The Labute approximate surface area is 150 Å². The molecular weight excluding hydrogens is 332 g/mol. The van der Waals surface area contributed by atoms with Crippen molar-refractivity contribution in [2.24, 2.45) is 0 Å². The number of furan rings is 1. The van der Waals surface area contributed by atoms with Crippen molar-refractivity contribution in [3.63, 3.8) is 0 Å². The van der Waals surface area contributed by atoms with Gasteiger partial charge in [-0.2, -0.15) is 0 Å². The summed E-state index contributed by atoms with van der Waals surface area (Å²) >= 11 is 0. The lowest BCUT2D eigenvalue weighted by molar-refractivity contribution is -0.122. The lowest BCUT2D eigenvalue weighted by Crippen LogP contribution is -2.34. The molecule has 2 heterocycles. The van der Waals surface area contributed by atoms with E-state index >= 15 is 0 Å². The molecule has 0 aliphatic carbocycles. The van der Waals surface area contributed by atoms with E-state index in [4.69, 9.17) is 9.15 Å². The van der Waals surface area contributed by atoms with Crippen molar-refractivity contribution in [2.45, 2.75) is 26.9 Å². The number of fused-ring (bicyclic) bond motifs is 2. The van der Waals surface area contributed by atoms with Crippen LogP contribution in [0.1, 0.15) is 28.6 Å². The largest absolute Gasteiger partial charge is 0.479 e. The van der Waals surface area contributed by atoms with Crippen LogP contribution in [0.25, 0.3) is 11.0 Å². The quantitative estimate of drug-likeness (QED) is 0.731. The van der Waals surface area contributed by atoms with E-state index in [9.17, 15) is 9.59 Å². The van der Waals surface area contributed by atoms with Crippen LogP contribution in [0.4, 0.5) is 11.4 Å². The van der Waals surface area contributed by atoms with Crippen LogP contribution in [0.15, 0.2) is 40.8 Å². The van der Waals surface area contributed by atoms with Crippen LogP contribution in [0.2, 0.25) is 0 Å². The van der Waals surface area contributed by atoms with Crippen LogP contribution in [-0.4, -0.2) is 17.9 Å². The lowest BCUT2D eigenvalue weighted by Gasteiger charge is -2.23. The highest BCUT2D eigenvalue weighted by atomic mass is 16.5. The van der Waals surface area contributed by atoms with Crippen LogP contribution in [0, 0.1) is 13.8 Å². The fourth-order valence-electron chi connectivity index (χ4n) is 3.03. The highest BCUT2D eigenvalue weighted by Gasteiger charge is 2.24. The van der Waals surface area contributed by atoms with Gasteiger partial charge in [-0.1, -0.05) is 11.6 Å². The molecule has 0 unspecified atom stereocenters. The van der Waals surface area contributed by atoms with Gasteiger partial charge in [0, 0.05) is 16.6 Å². The van der Waals surface area contributed by atoms with Crippen molar-refractivity contribution in [1.82, 2.24) is 0 Å². The third-order valence-corrected chi connectivity index (χ3v) is 4.47. The predicted octanol–water partition coefficient (Wildman–Crippen LogP) is 4.02. The second-order valence-corrected chi connectivity index (χ2v) is 6.47. The maximum absolute atomic E-state index is 12.7. The molecule has 2 aromatic carbocycles. The standard InChI is InChI=1S/C20H18N2O4/c1-10-4-6-16-14(8-10)11(2)18(26-16)20(24)21-13-5-7-17-15(9-13)22-19(23)12(3)25-17/h4-9,12H,1-3H3,(H,21,24)(H,22,23)/t12-/m1/s1. The third-order valence-electron chi connectivity index (χ3n) is 4.47. The molecular formula is C20H18N2O4. The van der Waals surface area contributed by atoms with E-state index in [1.807, 2.05) is 32.0 Å². The van der Waals surface area contributed by atoms with E-state index in [0.717, 1.165) is 16.5 Å². The smallest absolute Gasteiger partial charge is 0.291 e. The average Bonchev–Trinajstić information content (AvgIpc) is 2.93. The molecule has 4 rings (SSSR count). The molecule has 2 amide bonds. The summed E-state index contributed by atoms with van der Waals surface area (Å²) in [6.45, 7) is 5.54. The van der Waals surface area contributed by atoms with Gasteiger partial charge in [-0.3, -0.25) is 9.59 Å². The molecule has 132 valence electrons. The number of hydrogen-bond donors (Lipinski definition) is 2. The molecule has 0 bridgehead atoms. The number of anilines is 2. The van der Waals surface area contributed by atoms with Gasteiger partial charge in [0.25, 0.3) is 11.8 Å². The number of amides is 2. The van der Waals surface area contributed by atoms with Crippen LogP contribution >= 0.6 is 0 Å². The van der Waals surface area contributed by atoms with Crippen molar-refractivity contribution in [2.75, 3.05) is 10.6 Å². The van der Waals surface area contributed by atoms with Gasteiger partial charge in [0.15, 0.2) is 11.9 Å². The molecule has 0 radical (unpaired) electrons. The molecule has 1 atom stereocenters. The Morgan fingerprint density at radius 1 is 1.15 bits per heavy atom. The summed E-state index contributed by atoms with van der Waals surface area (Å²) in [6, 6.07) is 10.9. The molecule has 2 N–H and O–H groups in total. The molecule has 3 aromatic rings. The van der Waals surface area contributed by atoms with Gasteiger partial charge in [-0.25, -0.2) is 0 Å². The van der Waals surface area contributed by atoms with Gasteiger partial charge in [-0.15, -0.1) is 0 Å². The number of rotatable bonds is 2. The molecule has 0 spiro atoms. The lowest BCUT2D eigenvalue weighted by atomic mass is 10.1. The fourth-order valence-corrected chi connectivity index (χ4v) is 3.03. The maximum atomic E-state index is 12.7. The number of carbonyl (C=O) groups excluding carboxylic acids is 2. The average molecular weight is 350 g/mol. The summed E-state index contributed by atoms with van der Waals surface area (Å²) in [4.78, 5) is 24.4. The normalized spacial score (nSPS) is 16.0. The summed E-state index contributed by atoms with van der Waals surface area (Å²) < 4.78 is 11.2. The van der Waals surface area contributed by atoms with Crippen molar-refractivity contribution >= 4 is 34.2 Å². The monoisotopic (exact) mass is 350 g/mol. The second kappa shape index (κ2) is 5.91. The first kappa shape index (κ1) is 16.2. The number of nitrogens with one attached hydrogen (secondary N) is 2. The Hall–Kier alpha value is -3.28. The molecule has 0 saturated carbocycles. The summed E-state index contributed by atoms with van der Waals surface area (Å²) in [5.74, 6) is 0.292. The number of ether oxygens (including phenoxy) is 1. The highest BCUT2D eigenvalue weighted by molar-refractivity contribution is 6.07. The van der Waals surface area contributed by atoms with Crippen molar-refractivity contribution in [3.8, 4) is 5.75 Å². The number of hydrogen-bond acceptors (Lipinski definition) is 4. The topological polar surface area (TPSA) is 80.6 Å². The summed E-state index contributed by atoms with van der Waals surface area (Å²) in [7, 11) is 0. The van der Waals surface area contributed by atoms with Gasteiger partial charge in [0.1, 0.15) is 11.3 Å². The summed E-state index contributed by atoms with van der Waals surface area (Å²) in [6.07, 6.45) is -0.537. The Bertz CT molecular complexity index is 1050. The van der Waals surface area contributed by atoms with Crippen LogP contribution < -0.4 is 15.4 Å². The molecule has 26 heavy (non-hydrogen) atoms. The molecule has 6 nitrogen and oxygen atoms in total. The molecule has 1 aliphatic heterocycles. The molecule has 1 aromatic heterocycles. The maximum Gasteiger partial charge on any atom is 0.291 e. The van der Waals surface area contributed by atoms with E-state index in [1.54, 1.807) is 25.1 Å². The first-order chi connectivity index (χ1) is 12.4. The molecule has 6 heteroatoms. The molecule has 0 fully saturated rings. The van der Waals surface area contributed by atoms with Crippen LogP contribution in [-0.2, 0) is 4.79 Å². The Morgan fingerprint density at radius 3 is 2.77 bits per heavy atom. The van der Waals surface area contributed by atoms with E-state index in [0.29, 0.717) is 22.7 Å². The van der Waals surface area contributed by atoms with E-state index < -0.39 is 6.10 Å². The number of carbonyl (C=O) groups is 2. The first-order valence-electron chi connectivity index (χ1n) is 8.35. The number of benzene rings is 2. The molecule has 1 aliphatic rings. The van der Waals surface area contributed by atoms with Crippen LogP contribution in [0.5, 0.6) is 5.75 Å². The predicted molar refractivity (Wildman–Crippen MR) is 98.8 cm³/mol. The zero-order chi connectivity index (χ0) is 18.4. The van der Waals surface area contributed by atoms with E-state index in [2.05, 4.69) is 10.6 Å². The van der Waals surface area contributed by atoms with Crippen LogP contribution in [0.3, 0.4) is 0 Å². The third kappa shape index (κ3) is 2.69. The van der Waals surface area contributed by atoms with Gasteiger partial charge in [0.05, 0.1) is 5.69 Å². The van der Waals surface area contributed by atoms with E-state index in [1.165, 1.54) is 0 Å². The Balaban J connectivity index is 1.62. The SMILES string of the molecule is Cc1ccc2oc(C(=O)Nc3ccc4c(c3)NC(=O)[C@@H](C)O4)c(C)c2c1. The number of aryl methyl sites for hydroxylation is 2. The summed E-state index contributed by atoms with van der Waals surface area (Å²) in [5, 5.41) is 6.50. The molecule has 0 saturated heterocycles. The van der Waals surface area contributed by atoms with Gasteiger partial charge in [-0.05, 0) is 51.1 Å². The fraction of sp³-hybridized carbons (Fsp3) is 0.200. The minimum atomic E-state index is -0.537. The summed E-state index contributed by atoms with van der Waals surface area (Å²) in [5.41, 5.74) is 3.65. The van der Waals surface area contributed by atoms with Crippen molar-refractivity contribution in [1.29, 1.82) is 0 Å². The Kier molecular flexibility index (Phi) is 3.68. The van der Waals surface area contributed by atoms with Gasteiger partial charge >= 0.3 is 0 Å².